The predicted molar refractivity (Wildman–Crippen MR) is 51.9 cm³/mol. The lowest BCUT2D eigenvalue weighted by Gasteiger charge is -2.41. The Morgan fingerprint density at radius 3 is 2.50 bits per heavy atom. The molecule has 2 bridgehead atoms. The molecule has 2 unspecified atom stereocenters. The molecule has 3 heteroatoms. The second kappa shape index (κ2) is 2.72. The van der Waals surface area contributed by atoms with Crippen molar-refractivity contribution >= 4 is 5.97 Å². The van der Waals surface area contributed by atoms with Crippen molar-refractivity contribution in [1.82, 2.24) is 4.90 Å². The highest BCUT2D eigenvalue weighted by atomic mass is 16.6. The summed E-state index contributed by atoms with van der Waals surface area (Å²) >= 11 is 0. The van der Waals surface area contributed by atoms with Gasteiger partial charge in [0.2, 0.25) is 0 Å². The second-order valence-corrected chi connectivity index (χ2v) is 5.12. The quantitative estimate of drug-likeness (QED) is 0.546. The molecule has 3 rings (SSSR count). The van der Waals surface area contributed by atoms with Crippen LogP contribution >= 0.6 is 0 Å². The Labute approximate surface area is 84.4 Å². The van der Waals surface area contributed by atoms with Crippen LogP contribution in [0.3, 0.4) is 0 Å². The number of hydrogen-bond acceptors (Lipinski definition) is 3. The van der Waals surface area contributed by atoms with Gasteiger partial charge < -0.3 is 9.64 Å². The Bertz CT molecular complexity index is 262. The number of fused-ring (bicyclic) bond motifs is 2. The molecule has 0 aromatic heterocycles. The Morgan fingerprint density at radius 1 is 1.36 bits per heavy atom. The van der Waals surface area contributed by atoms with Crippen molar-refractivity contribution in [3.63, 3.8) is 0 Å². The van der Waals surface area contributed by atoms with Crippen LogP contribution in [0.5, 0.6) is 0 Å². The van der Waals surface area contributed by atoms with Crippen LogP contribution in [-0.2, 0) is 9.53 Å². The fraction of sp³-hybridized carbons (Fsp3) is 0.909. The smallest absolute Gasteiger partial charge is 0.306 e. The van der Waals surface area contributed by atoms with Gasteiger partial charge in [0.1, 0.15) is 5.60 Å². The van der Waals surface area contributed by atoms with Gasteiger partial charge in [-0.25, -0.2) is 0 Å². The van der Waals surface area contributed by atoms with E-state index in [1.807, 2.05) is 0 Å². The fourth-order valence-corrected chi connectivity index (χ4v) is 3.49. The van der Waals surface area contributed by atoms with Gasteiger partial charge in [-0.1, -0.05) is 0 Å². The standard InChI is InChI=1S/C11H17NO2/c1-12-8-2-3-9(12)7-11(6-8)5-4-10(13)14-11/h8-9H,2-7H2,1H3. The Balaban J connectivity index is 1.82. The maximum Gasteiger partial charge on any atom is 0.306 e. The second-order valence-electron chi connectivity index (χ2n) is 5.12. The third kappa shape index (κ3) is 1.11. The molecule has 0 aromatic carbocycles. The third-order valence-corrected chi connectivity index (χ3v) is 4.32. The summed E-state index contributed by atoms with van der Waals surface area (Å²) in [5.74, 6) is 0.0222. The zero-order valence-corrected chi connectivity index (χ0v) is 8.66. The van der Waals surface area contributed by atoms with Crippen LogP contribution in [0.15, 0.2) is 0 Å². The molecule has 3 heterocycles. The predicted octanol–water partition coefficient (Wildman–Crippen LogP) is 1.32. The average Bonchev–Trinajstić information content (AvgIpc) is 2.58. The number of carbonyl (C=O) groups is 1. The Kier molecular flexibility index (Phi) is 1.69. The molecule has 1 spiro atoms. The molecule has 3 fully saturated rings. The highest BCUT2D eigenvalue weighted by molar-refractivity contribution is 5.72. The molecule has 0 amide bonds. The lowest BCUT2D eigenvalue weighted by molar-refractivity contribution is -0.153. The minimum atomic E-state index is -0.0601. The molecule has 0 aliphatic carbocycles. The van der Waals surface area contributed by atoms with E-state index in [2.05, 4.69) is 11.9 Å². The van der Waals surface area contributed by atoms with Crippen molar-refractivity contribution in [2.24, 2.45) is 0 Å². The van der Waals surface area contributed by atoms with Gasteiger partial charge in [0, 0.05) is 31.3 Å². The molecule has 0 aromatic rings. The van der Waals surface area contributed by atoms with Gasteiger partial charge in [0.25, 0.3) is 0 Å². The van der Waals surface area contributed by atoms with Gasteiger partial charge in [-0.15, -0.1) is 0 Å². The first-order valence-corrected chi connectivity index (χ1v) is 5.62. The lowest BCUT2D eigenvalue weighted by atomic mass is 9.84. The molecular formula is C11H17NO2. The molecule has 3 aliphatic rings. The summed E-state index contributed by atoms with van der Waals surface area (Å²) in [6.07, 6.45) is 6.34. The highest BCUT2D eigenvalue weighted by Crippen LogP contribution is 2.46. The van der Waals surface area contributed by atoms with Crippen LogP contribution < -0.4 is 0 Å². The molecular weight excluding hydrogens is 178 g/mol. The molecule has 2 atom stereocenters. The van der Waals surface area contributed by atoms with E-state index in [0.29, 0.717) is 18.5 Å². The van der Waals surface area contributed by atoms with Crippen molar-refractivity contribution in [1.29, 1.82) is 0 Å². The van der Waals surface area contributed by atoms with Gasteiger partial charge in [-0.05, 0) is 26.3 Å². The van der Waals surface area contributed by atoms with E-state index in [-0.39, 0.29) is 11.6 Å². The first kappa shape index (κ1) is 8.72. The van der Waals surface area contributed by atoms with Crippen molar-refractivity contribution in [3.05, 3.63) is 0 Å². The van der Waals surface area contributed by atoms with Crippen LogP contribution in [-0.4, -0.2) is 35.6 Å². The molecule has 3 saturated heterocycles. The monoisotopic (exact) mass is 195 g/mol. The van der Waals surface area contributed by atoms with Gasteiger partial charge in [0.15, 0.2) is 0 Å². The molecule has 78 valence electrons. The van der Waals surface area contributed by atoms with Crippen molar-refractivity contribution in [3.8, 4) is 0 Å². The summed E-state index contributed by atoms with van der Waals surface area (Å²) in [5, 5.41) is 0. The SMILES string of the molecule is CN1C2CCC1CC1(CCC(=O)O1)C2. The molecule has 0 saturated carbocycles. The third-order valence-electron chi connectivity index (χ3n) is 4.32. The zero-order chi connectivity index (χ0) is 9.76. The fourth-order valence-electron chi connectivity index (χ4n) is 3.49. The summed E-state index contributed by atoms with van der Waals surface area (Å²) in [5.41, 5.74) is -0.0601. The number of rotatable bonds is 0. The first-order valence-electron chi connectivity index (χ1n) is 5.62. The molecule has 3 aliphatic heterocycles. The van der Waals surface area contributed by atoms with E-state index in [4.69, 9.17) is 4.74 Å². The molecule has 0 radical (unpaired) electrons. The molecule has 0 N–H and O–H groups in total. The summed E-state index contributed by atoms with van der Waals surface area (Å²) in [4.78, 5) is 13.7. The van der Waals surface area contributed by atoms with Crippen LogP contribution in [0.25, 0.3) is 0 Å². The van der Waals surface area contributed by atoms with E-state index >= 15 is 0 Å². The first-order chi connectivity index (χ1) is 6.69. The van der Waals surface area contributed by atoms with Crippen LogP contribution in [0, 0.1) is 0 Å². The number of piperidine rings is 1. The van der Waals surface area contributed by atoms with Crippen LogP contribution in [0.2, 0.25) is 0 Å². The number of hydrogen-bond donors (Lipinski definition) is 0. The molecule has 3 nitrogen and oxygen atoms in total. The summed E-state index contributed by atoms with van der Waals surface area (Å²) in [6, 6.07) is 1.33. The zero-order valence-electron chi connectivity index (χ0n) is 8.66. The maximum absolute atomic E-state index is 11.2. The Hall–Kier alpha value is -0.570. The summed E-state index contributed by atoms with van der Waals surface area (Å²) in [7, 11) is 2.21. The molecule has 14 heavy (non-hydrogen) atoms. The minimum absolute atomic E-state index is 0.0222. The van der Waals surface area contributed by atoms with Crippen molar-refractivity contribution in [2.75, 3.05) is 7.05 Å². The number of ether oxygens (including phenoxy) is 1. The van der Waals surface area contributed by atoms with Gasteiger partial charge in [-0.2, -0.15) is 0 Å². The van der Waals surface area contributed by atoms with Gasteiger partial charge >= 0.3 is 5.97 Å². The summed E-state index contributed by atoms with van der Waals surface area (Å²) in [6.45, 7) is 0. The van der Waals surface area contributed by atoms with E-state index in [0.717, 1.165) is 19.3 Å². The van der Waals surface area contributed by atoms with Crippen LogP contribution in [0.4, 0.5) is 0 Å². The van der Waals surface area contributed by atoms with E-state index in [1.54, 1.807) is 0 Å². The largest absolute Gasteiger partial charge is 0.459 e. The van der Waals surface area contributed by atoms with E-state index in [9.17, 15) is 4.79 Å². The van der Waals surface area contributed by atoms with Crippen LogP contribution in [0.1, 0.15) is 38.5 Å². The summed E-state index contributed by atoms with van der Waals surface area (Å²) < 4.78 is 5.55. The van der Waals surface area contributed by atoms with Gasteiger partial charge in [0.05, 0.1) is 0 Å². The topological polar surface area (TPSA) is 29.5 Å². The lowest BCUT2D eigenvalue weighted by Crippen LogP contribution is -2.49. The van der Waals surface area contributed by atoms with Crippen molar-refractivity contribution in [2.45, 2.75) is 56.2 Å². The highest BCUT2D eigenvalue weighted by Gasteiger charge is 2.51. The number of nitrogens with zero attached hydrogens (tertiary/aromatic N) is 1. The number of esters is 1. The minimum Gasteiger partial charge on any atom is -0.459 e. The normalized spacial score (nSPS) is 47.4. The average molecular weight is 195 g/mol. The number of carbonyl (C=O) groups excluding carboxylic acids is 1. The van der Waals surface area contributed by atoms with E-state index in [1.165, 1.54) is 12.8 Å². The maximum atomic E-state index is 11.2. The van der Waals surface area contributed by atoms with Gasteiger partial charge in [-0.3, -0.25) is 4.79 Å². The van der Waals surface area contributed by atoms with Crippen molar-refractivity contribution < 1.29 is 9.53 Å². The Morgan fingerprint density at radius 2 is 2.00 bits per heavy atom. The van der Waals surface area contributed by atoms with E-state index < -0.39 is 0 Å².